The molecule has 5 nitrogen and oxygen atoms in total. The molecule has 1 unspecified atom stereocenters. The van der Waals surface area contributed by atoms with Crippen LogP contribution >= 0.6 is 23.2 Å². The molecule has 1 atom stereocenters. The average Bonchev–Trinajstić information content (AvgIpc) is 2.96. The Morgan fingerprint density at radius 1 is 1.43 bits per heavy atom. The molecule has 8 heteroatoms. The van der Waals surface area contributed by atoms with Gasteiger partial charge in [-0.2, -0.15) is 5.10 Å². The molecule has 0 saturated heterocycles. The molecule has 0 amide bonds. The molecule has 1 aromatic heterocycles. The van der Waals surface area contributed by atoms with Crippen LogP contribution in [0.4, 0.5) is 4.39 Å². The van der Waals surface area contributed by atoms with Crippen molar-refractivity contribution < 1.29 is 9.23 Å². The Bertz CT molecular complexity index is 625. The largest absolute Gasteiger partial charge is 0.391 e. The first kappa shape index (κ1) is 15.5. The molecule has 0 aliphatic rings. The van der Waals surface area contributed by atoms with E-state index in [1.807, 2.05) is 0 Å². The Morgan fingerprint density at radius 2 is 2.14 bits per heavy atom. The summed E-state index contributed by atoms with van der Waals surface area (Å²) in [6, 6.07) is 4.61. The highest BCUT2D eigenvalue weighted by molar-refractivity contribution is 6.35. The van der Waals surface area contributed by atoms with Gasteiger partial charge in [0.15, 0.2) is 0 Å². The van der Waals surface area contributed by atoms with E-state index in [9.17, 15) is 4.39 Å². The number of benzene rings is 1. The molecule has 0 spiro atoms. The summed E-state index contributed by atoms with van der Waals surface area (Å²) in [6.45, 7) is 3.64. The van der Waals surface area contributed by atoms with Gasteiger partial charge >= 0.3 is 0 Å². The fraction of sp³-hybridized carbons (Fsp3) is 0.154. The minimum absolute atomic E-state index is 0.0215. The number of oxime groups is 1. The molecule has 0 bridgehead atoms. The first-order valence-electron chi connectivity index (χ1n) is 5.87. The van der Waals surface area contributed by atoms with E-state index in [2.05, 4.69) is 21.8 Å². The molecule has 0 saturated carbocycles. The van der Waals surface area contributed by atoms with E-state index in [1.54, 1.807) is 0 Å². The number of hydrogen-bond donors (Lipinski definition) is 0. The summed E-state index contributed by atoms with van der Waals surface area (Å²) >= 11 is 11.9. The van der Waals surface area contributed by atoms with Gasteiger partial charge in [-0.25, -0.2) is 14.1 Å². The van der Waals surface area contributed by atoms with Gasteiger partial charge in [-0.05, 0) is 18.2 Å². The summed E-state index contributed by atoms with van der Waals surface area (Å²) in [5.41, 5.74) is 0.367. The molecule has 110 valence electrons. The molecular formula is C13H11Cl2FN4O. The van der Waals surface area contributed by atoms with Crippen LogP contribution in [0.2, 0.25) is 10.0 Å². The Kier molecular flexibility index (Phi) is 5.30. The molecular weight excluding hydrogens is 318 g/mol. The fourth-order valence-electron chi connectivity index (χ4n) is 1.55. The van der Waals surface area contributed by atoms with Crippen molar-refractivity contribution in [3.63, 3.8) is 0 Å². The second-order valence-electron chi connectivity index (χ2n) is 3.93. The van der Waals surface area contributed by atoms with Crippen molar-refractivity contribution in [3.05, 3.63) is 59.1 Å². The number of rotatable bonds is 6. The quantitative estimate of drug-likeness (QED) is 0.352. The van der Waals surface area contributed by atoms with Gasteiger partial charge < -0.3 is 4.84 Å². The van der Waals surface area contributed by atoms with E-state index in [0.29, 0.717) is 15.6 Å². The van der Waals surface area contributed by atoms with Crippen LogP contribution in [0.25, 0.3) is 0 Å². The van der Waals surface area contributed by atoms with Crippen LogP contribution in [0.5, 0.6) is 0 Å². The maximum absolute atomic E-state index is 14.5. The van der Waals surface area contributed by atoms with Crippen molar-refractivity contribution >= 4 is 28.9 Å². The smallest absolute Gasteiger partial charge is 0.239 e. The van der Waals surface area contributed by atoms with Crippen molar-refractivity contribution in [2.75, 3.05) is 6.61 Å². The van der Waals surface area contributed by atoms with E-state index in [-0.39, 0.29) is 12.3 Å². The molecule has 2 rings (SSSR count). The van der Waals surface area contributed by atoms with Gasteiger partial charge in [0.1, 0.15) is 25.0 Å². The molecule has 0 N–H and O–H groups in total. The van der Waals surface area contributed by atoms with Gasteiger partial charge in [0.05, 0.1) is 0 Å². The normalized spacial score (nSPS) is 13.0. The van der Waals surface area contributed by atoms with E-state index < -0.39 is 6.30 Å². The first-order chi connectivity index (χ1) is 10.1. The van der Waals surface area contributed by atoms with Crippen molar-refractivity contribution in [2.24, 2.45) is 5.16 Å². The lowest BCUT2D eigenvalue weighted by Crippen LogP contribution is -2.18. The SMILES string of the molecule is C=CCON=C(c1cc(Cl)cc(Cl)c1)C(F)n1cncn1. The Morgan fingerprint density at radius 3 is 2.71 bits per heavy atom. The molecule has 2 aromatic rings. The fourth-order valence-corrected chi connectivity index (χ4v) is 2.08. The van der Waals surface area contributed by atoms with Gasteiger partial charge in [0.2, 0.25) is 6.30 Å². The summed E-state index contributed by atoms with van der Waals surface area (Å²) in [4.78, 5) is 8.68. The summed E-state index contributed by atoms with van der Waals surface area (Å²) in [5, 5.41) is 8.25. The second kappa shape index (κ2) is 7.19. The molecule has 1 heterocycles. The maximum Gasteiger partial charge on any atom is 0.239 e. The van der Waals surface area contributed by atoms with Crippen LogP contribution in [0.1, 0.15) is 11.9 Å². The first-order valence-corrected chi connectivity index (χ1v) is 6.63. The van der Waals surface area contributed by atoms with Crippen LogP contribution in [0.15, 0.2) is 48.7 Å². The van der Waals surface area contributed by atoms with Crippen molar-refractivity contribution in [2.45, 2.75) is 6.30 Å². The zero-order valence-corrected chi connectivity index (χ0v) is 12.3. The minimum atomic E-state index is -1.69. The van der Waals surface area contributed by atoms with Crippen LogP contribution in [0, 0.1) is 0 Å². The van der Waals surface area contributed by atoms with Crippen molar-refractivity contribution in [1.29, 1.82) is 0 Å². The van der Waals surface area contributed by atoms with E-state index in [4.69, 9.17) is 28.0 Å². The predicted molar refractivity (Wildman–Crippen MR) is 79.3 cm³/mol. The standard InChI is InChI=1S/C13H11Cl2FN4O/c1-2-3-21-19-12(13(16)20-8-17-7-18-20)9-4-10(14)6-11(15)5-9/h2,4-8,13H,1,3H2. The third kappa shape index (κ3) is 4.03. The van der Waals surface area contributed by atoms with Crippen LogP contribution in [-0.2, 0) is 4.84 Å². The zero-order valence-electron chi connectivity index (χ0n) is 10.8. The predicted octanol–water partition coefficient (Wildman–Crippen LogP) is 3.66. The van der Waals surface area contributed by atoms with E-state index >= 15 is 0 Å². The summed E-state index contributed by atoms with van der Waals surface area (Å²) < 4.78 is 15.6. The van der Waals surface area contributed by atoms with E-state index in [0.717, 1.165) is 4.68 Å². The Hall–Kier alpha value is -1.92. The van der Waals surface area contributed by atoms with Gasteiger partial charge in [-0.3, -0.25) is 0 Å². The molecule has 0 aliphatic heterocycles. The number of aromatic nitrogens is 3. The highest BCUT2D eigenvalue weighted by Crippen LogP contribution is 2.24. The van der Waals surface area contributed by atoms with Gasteiger partial charge in [-0.1, -0.05) is 41.0 Å². The van der Waals surface area contributed by atoms with Gasteiger partial charge in [-0.15, -0.1) is 0 Å². The van der Waals surface area contributed by atoms with Gasteiger partial charge in [0.25, 0.3) is 0 Å². The average molecular weight is 329 g/mol. The summed E-state index contributed by atoms with van der Waals surface area (Å²) in [5.74, 6) is 0. The minimum Gasteiger partial charge on any atom is -0.391 e. The van der Waals surface area contributed by atoms with E-state index in [1.165, 1.54) is 36.9 Å². The third-order valence-electron chi connectivity index (χ3n) is 2.41. The summed E-state index contributed by atoms with van der Waals surface area (Å²) in [6.07, 6.45) is 2.26. The summed E-state index contributed by atoms with van der Waals surface area (Å²) in [7, 11) is 0. The van der Waals surface area contributed by atoms with Crippen LogP contribution in [-0.4, -0.2) is 27.1 Å². The topological polar surface area (TPSA) is 52.3 Å². The lowest BCUT2D eigenvalue weighted by Gasteiger charge is -2.12. The van der Waals surface area contributed by atoms with Crippen molar-refractivity contribution in [3.8, 4) is 0 Å². The molecule has 0 aliphatic carbocycles. The third-order valence-corrected chi connectivity index (χ3v) is 2.84. The monoisotopic (exact) mass is 328 g/mol. The number of alkyl halides is 1. The molecule has 21 heavy (non-hydrogen) atoms. The van der Waals surface area contributed by atoms with Gasteiger partial charge in [0, 0.05) is 15.6 Å². The highest BCUT2D eigenvalue weighted by Gasteiger charge is 2.21. The van der Waals surface area contributed by atoms with Crippen molar-refractivity contribution in [1.82, 2.24) is 14.8 Å². The van der Waals surface area contributed by atoms with Crippen LogP contribution < -0.4 is 0 Å². The molecule has 0 fully saturated rings. The number of nitrogens with zero attached hydrogens (tertiary/aromatic N) is 4. The zero-order chi connectivity index (χ0) is 15.2. The lowest BCUT2D eigenvalue weighted by atomic mass is 10.1. The number of halogens is 3. The lowest BCUT2D eigenvalue weighted by molar-refractivity contribution is 0.168. The maximum atomic E-state index is 14.5. The Labute approximate surface area is 130 Å². The molecule has 0 radical (unpaired) electrons. The number of hydrogen-bond acceptors (Lipinski definition) is 4. The highest BCUT2D eigenvalue weighted by atomic mass is 35.5. The Balaban J connectivity index is 2.40. The van der Waals surface area contributed by atoms with Crippen LogP contribution in [0.3, 0.4) is 0 Å². The second-order valence-corrected chi connectivity index (χ2v) is 4.80. The molecule has 1 aromatic carbocycles.